The molecule has 0 bridgehead atoms. The smallest absolute Gasteiger partial charge is 0.305 e. The number of aliphatic hydroxyl groups excluding tert-OH is 2. The van der Waals surface area contributed by atoms with E-state index < -0.39 is 6.10 Å². The Balaban J connectivity index is 3.33. The number of hydrogen-bond acceptors (Lipinski definition) is 4. The fraction of sp³-hybridized carbons (Fsp3) is 0.667. The largest absolute Gasteiger partial charge is 0.463 e. The predicted octanol–water partition coefficient (Wildman–Crippen LogP) is 6.59. The van der Waals surface area contributed by atoms with Gasteiger partial charge in [0, 0.05) is 6.42 Å². The summed E-state index contributed by atoms with van der Waals surface area (Å²) in [7, 11) is 0. The molecule has 0 aliphatic carbocycles. The van der Waals surface area contributed by atoms with E-state index in [1.807, 2.05) is 0 Å². The van der Waals surface area contributed by atoms with E-state index in [4.69, 9.17) is 14.9 Å². The summed E-state index contributed by atoms with van der Waals surface area (Å²) in [6, 6.07) is 0. The highest BCUT2D eigenvalue weighted by molar-refractivity contribution is 5.69. The third kappa shape index (κ3) is 24.5. The zero-order valence-electron chi connectivity index (χ0n) is 19.7. The number of ether oxygens (including phenoxy) is 1. The van der Waals surface area contributed by atoms with E-state index >= 15 is 0 Å². The molecule has 0 rings (SSSR count). The summed E-state index contributed by atoms with van der Waals surface area (Å²) in [5.74, 6) is -0.289. The van der Waals surface area contributed by atoms with Crippen molar-refractivity contribution in [1.29, 1.82) is 0 Å². The van der Waals surface area contributed by atoms with Crippen molar-refractivity contribution in [2.75, 3.05) is 13.2 Å². The van der Waals surface area contributed by atoms with Crippen LogP contribution in [0.4, 0.5) is 0 Å². The van der Waals surface area contributed by atoms with Crippen LogP contribution in [0.5, 0.6) is 0 Å². The minimum Gasteiger partial charge on any atom is -0.463 e. The maximum absolute atomic E-state index is 11.4. The maximum atomic E-state index is 11.4. The van der Waals surface area contributed by atoms with Crippen LogP contribution >= 0.6 is 0 Å². The average molecular weight is 435 g/mol. The van der Waals surface area contributed by atoms with Crippen LogP contribution in [-0.2, 0) is 9.53 Å². The van der Waals surface area contributed by atoms with Gasteiger partial charge in [0.1, 0.15) is 12.7 Å². The van der Waals surface area contributed by atoms with Gasteiger partial charge in [-0.1, -0.05) is 94.1 Å². The molecule has 0 aromatic carbocycles. The SMILES string of the molecule is CC/C=C\C/C=C\C/C=C\C/C=C\CCCCCCCCCCC(=O)OCC(O)CO. The van der Waals surface area contributed by atoms with E-state index in [1.54, 1.807) is 0 Å². The second kappa shape index (κ2) is 24.6. The minimum atomic E-state index is -0.966. The standard InChI is InChI=1S/C27H46O4/c1-2-3-4-5-6-7-8-9-10-11-12-13-14-15-16-17-18-19-20-21-22-23-27(30)31-25-26(29)24-28/h3-4,6-7,9-10,12-13,26,28-29H,2,5,8,11,14-25H2,1H3/b4-3-,7-6-,10-9-,13-12-. The topological polar surface area (TPSA) is 66.8 Å². The Morgan fingerprint density at radius 2 is 1.23 bits per heavy atom. The first-order valence-corrected chi connectivity index (χ1v) is 12.2. The molecule has 31 heavy (non-hydrogen) atoms. The Morgan fingerprint density at radius 1 is 0.742 bits per heavy atom. The van der Waals surface area contributed by atoms with Crippen LogP contribution in [0.2, 0.25) is 0 Å². The van der Waals surface area contributed by atoms with Gasteiger partial charge in [-0.15, -0.1) is 0 Å². The van der Waals surface area contributed by atoms with Gasteiger partial charge < -0.3 is 14.9 Å². The normalized spacial score (nSPS) is 13.3. The second-order valence-electron chi connectivity index (χ2n) is 7.89. The van der Waals surface area contributed by atoms with Gasteiger partial charge in [-0.25, -0.2) is 0 Å². The molecular formula is C27H46O4. The molecule has 178 valence electrons. The van der Waals surface area contributed by atoms with Crippen LogP contribution in [-0.4, -0.2) is 35.5 Å². The number of unbranched alkanes of at least 4 members (excludes halogenated alkanes) is 8. The van der Waals surface area contributed by atoms with Gasteiger partial charge in [0.2, 0.25) is 0 Å². The fourth-order valence-electron chi connectivity index (χ4n) is 3.00. The molecule has 0 aliphatic heterocycles. The summed E-state index contributed by atoms with van der Waals surface area (Å²) in [5.41, 5.74) is 0. The van der Waals surface area contributed by atoms with Crippen molar-refractivity contribution < 1.29 is 19.7 Å². The average Bonchev–Trinajstić information content (AvgIpc) is 2.78. The number of hydrogen-bond donors (Lipinski definition) is 2. The molecule has 0 amide bonds. The van der Waals surface area contributed by atoms with Crippen LogP contribution < -0.4 is 0 Å². The van der Waals surface area contributed by atoms with Crippen LogP contribution in [0, 0.1) is 0 Å². The van der Waals surface area contributed by atoms with E-state index in [1.165, 1.54) is 38.5 Å². The molecule has 1 unspecified atom stereocenters. The van der Waals surface area contributed by atoms with Crippen molar-refractivity contribution >= 4 is 5.97 Å². The summed E-state index contributed by atoms with van der Waals surface area (Å²) in [6.07, 6.45) is 32.0. The van der Waals surface area contributed by atoms with Crippen molar-refractivity contribution in [2.24, 2.45) is 0 Å². The number of carbonyl (C=O) groups is 1. The quantitative estimate of drug-likeness (QED) is 0.121. The summed E-state index contributed by atoms with van der Waals surface area (Å²) >= 11 is 0. The number of aliphatic hydroxyl groups is 2. The lowest BCUT2D eigenvalue weighted by Gasteiger charge is -2.08. The van der Waals surface area contributed by atoms with E-state index in [2.05, 4.69) is 55.5 Å². The highest BCUT2D eigenvalue weighted by Gasteiger charge is 2.07. The third-order valence-electron chi connectivity index (χ3n) is 4.87. The van der Waals surface area contributed by atoms with Gasteiger partial charge in [0.05, 0.1) is 6.61 Å². The molecule has 2 N–H and O–H groups in total. The van der Waals surface area contributed by atoms with Crippen molar-refractivity contribution in [3.63, 3.8) is 0 Å². The molecule has 0 radical (unpaired) electrons. The fourth-order valence-corrected chi connectivity index (χ4v) is 3.00. The maximum Gasteiger partial charge on any atom is 0.305 e. The van der Waals surface area contributed by atoms with Gasteiger partial charge in [-0.2, -0.15) is 0 Å². The molecule has 1 atom stereocenters. The van der Waals surface area contributed by atoms with Crippen molar-refractivity contribution in [3.8, 4) is 0 Å². The molecule has 0 aromatic rings. The Morgan fingerprint density at radius 3 is 1.77 bits per heavy atom. The molecule has 4 heteroatoms. The van der Waals surface area contributed by atoms with E-state index in [0.717, 1.165) is 44.9 Å². The Hall–Kier alpha value is -1.65. The Kier molecular flexibility index (Phi) is 23.3. The van der Waals surface area contributed by atoms with Crippen molar-refractivity contribution in [2.45, 2.75) is 103 Å². The number of esters is 1. The van der Waals surface area contributed by atoms with E-state index in [0.29, 0.717) is 6.42 Å². The zero-order chi connectivity index (χ0) is 22.8. The molecule has 0 saturated carbocycles. The third-order valence-corrected chi connectivity index (χ3v) is 4.87. The van der Waals surface area contributed by atoms with Gasteiger partial charge in [-0.3, -0.25) is 4.79 Å². The minimum absolute atomic E-state index is 0.115. The first kappa shape index (κ1) is 29.4. The molecule has 4 nitrogen and oxygen atoms in total. The lowest BCUT2D eigenvalue weighted by molar-refractivity contribution is -0.147. The second-order valence-corrected chi connectivity index (χ2v) is 7.89. The van der Waals surface area contributed by atoms with Gasteiger partial charge in [0.25, 0.3) is 0 Å². The zero-order valence-corrected chi connectivity index (χ0v) is 19.7. The van der Waals surface area contributed by atoms with Crippen LogP contribution in [0.3, 0.4) is 0 Å². The van der Waals surface area contributed by atoms with E-state index in [-0.39, 0.29) is 19.2 Å². The molecule has 0 aromatic heterocycles. The lowest BCUT2D eigenvalue weighted by atomic mass is 10.1. The Labute approximate surface area is 190 Å². The van der Waals surface area contributed by atoms with Crippen LogP contribution in [0.25, 0.3) is 0 Å². The highest BCUT2D eigenvalue weighted by Crippen LogP contribution is 2.11. The van der Waals surface area contributed by atoms with Crippen LogP contribution in [0.1, 0.15) is 96.8 Å². The van der Waals surface area contributed by atoms with Gasteiger partial charge >= 0.3 is 5.97 Å². The highest BCUT2D eigenvalue weighted by atomic mass is 16.5. The summed E-state index contributed by atoms with van der Waals surface area (Å²) in [6.45, 7) is 1.66. The number of carbonyl (C=O) groups excluding carboxylic acids is 1. The molecular weight excluding hydrogens is 388 g/mol. The van der Waals surface area contributed by atoms with Crippen molar-refractivity contribution in [1.82, 2.24) is 0 Å². The predicted molar refractivity (Wildman–Crippen MR) is 131 cm³/mol. The van der Waals surface area contributed by atoms with Gasteiger partial charge in [-0.05, 0) is 44.9 Å². The number of rotatable bonds is 21. The summed E-state index contributed by atoms with van der Waals surface area (Å²) in [5, 5.41) is 17.8. The lowest BCUT2D eigenvalue weighted by Crippen LogP contribution is -2.21. The first-order valence-electron chi connectivity index (χ1n) is 12.2. The molecule has 0 fully saturated rings. The number of allylic oxidation sites excluding steroid dienone is 8. The summed E-state index contributed by atoms with van der Waals surface area (Å²) < 4.78 is 4.88. The molecule has 0 aliphatic rings. The van der Waals surface area contributed by atoms with Gasteiger partial charge in [0.15, 0.2) is 0 Å². The van der Waals surface area contributed by atoms with E-state index in [9.17, 15) is 4.79 Å². The monoisotopic (exact) mass is 434 g/mol. The summed E-state index contributed by atoms with van der Waals surface area (Å²) in [4.78, 5) is 11.4. The Bertz CT molecular complexity index is 505. The first-order chi connectivity index (χ1) is 15.2. The molecule has 0 spiro atoms. The van der Waals surface area contributed by atoms with Crippen LogP contribution in [0.15, 0.2) is 48.6 Å². The molecule has 0 heterocycles. The molecule has 0 saturated heterocycles. The van der Waals surface area contributed by atoms with Crippen molar-refractivity contribution in [3.05, 3.63) is 48.6 Å².